The number of aromatic nitrogens is 2. The zero-order valence-electron chi connectivity index (χ0n) is 7.66. The third-order valence-electron chi connectivity index (χ3n) is 1.77. The van der Waals surface area contributed by atoms with Crippen molar-refractivity contribution >= 4 is 44.6 Å². The van der Waals surface area contributed by atoms with Crippen molar-refractivity contribution < 1.29 is 4.79 Å². The van der Waals surface area contributed by atoms with Crippen LogP contribution in [-0.2, 0) is 4.79 Å². The number of fused-ring (bicyclic) bond motifs is 1. The van der Waals surface area contributed by atoms with E-state index >= 15 is 0 Å². The molecule has 0 fully saturated rings. The second-order valence-electron chi connectivity index (χ2n) is 2.96. The second-order valence-corrected chi connectivity index (χ2v) is 4.84. The fraction of sp³-hybridized carbons (Fsp3) is 0.111. The number of nitrogens with two attached hydrogens (primary N) is 1. The first-order valence-electron chi connectivity index (χ1n) is 4.21. The first-order chi connectivity index (χ1) is 7.15. The van der Waals surface area contributed by atoms with Crippen LogP contribution in [-0.4, -0.2) is 21.6 Å². The summed E-state index contributed by atoms with van der Waals surface area (Å²) in [4.78, 5) is 18.0. The topological polar surface area (TPSA) is 71.8 Å². The lowest BCUT2D eigenvalue weighted by Gasteiger charge is -1.90. The SMILES string of the molecule is NC(=O)CSc1nc2ccc(Br)cc2[nH]1. The Labute approximate surface area is 98.8 Å². The fourth-order valence-corrected chi connectivity index (χ4v) is 2.15. The van der Waals surface area contributed by atoms with E-state index in [1.54, 1.807) is 0 Å². The van der Waals surface area contributed by atoms with Gasteiger partial charge in [-0.2, -0.15) is 0 Å². The van der Waals surface area contributed by atoms with Crippen molar-refractivity contribution in [3.8, 4) is 0 Å². The van der Waals surface area contributed by atoms with Crippen LogP contribution in [0.5, 0.6) is 0 Å². The average Bonchev–Trinajstić information content (AvgIpc) is 2.56. The Morgan fingerprint density at radius 1 is 1.60 bits per heavy atom. The van der Waals surface area contributed by atoms with Gasteiger partial charge in [-0.3, -0.25) is 4.79 Å². The number of hydrogen-bond donors (Lipinski definition) is 2. The molecule has 3 N–H and O–H groups in total. The molecule has 0 aliphatic carbocycles. The fourth-order valence-electron chi connectivity index (χ4n) is 1.17. The summed E-state index contributed by atoms with van der Waals surface area (Å²) in [7, 11) is 0. The molecule has 0 spiro atoms. The van der Waals surface area contributed by atoms with Crippen LogP contribution in [0.3, 0.4) is 0 Å². The predicted octanol–water partition coefficient (Wildman–Crippen LogP) is 1.90. The Morgan fingerprint density at radius 2 is 2.40 bits per heavy atom. The molecule has 6 heteroatoms. The number of halogens is 1. The Morgan fingerprint density at radius 3 is 3.13 bits per heavy atom. The number of H-pyrrole nitrogens is 1. The zero-order valence-corrected chi connectivity index (χ0v) is 10.1. The van der Waals surface area contributed by atoms with Crippen LogP contribution in [0.1, 0.15) is 0 Å². The number of nitrogens with one attached hydrogen (secondary N) is 1. The van der Waals surface area contributed by atoms with Crippen LogP contribution in [0.25, 0.3) is 11.0 Å². The molecule has 0 saturated heterocycles. The smallest absolute Gasteiger partial charge is 0.227 e. The third kappa shape index (κ3) is 2.51. The Bertz CT molecular complexity index is 511. The lowest BCUT2D eigenvalue weighted by Crippen LogP contribution is -2.13. The minimum absolute atomic E-state index is 0.237. The van der Waals surface area contributed by atoms with E-state index in [2.05, 4.69) is 25.9 Å². The largest absolute Gasteiger partial charge is 0.369 e. The monoisotopic (exact) mass is 285 g/mol. The minimum atomic E-state index is -0.346. The van der Waals surface area contributed by atoms with Gasteiger partial charge in [-0.1, -0.05) is 27.7 Å². The summed E-state index contributed by atoms with van der Waals surface area (Å²) in [6.07, 6.45) is 0. The Balaban J connectivity index is 2.27. The van der Waals surface area contributed by atoms with Crippen molar-refractivity contribution in [2.75, 3.05) is 5.75 Å². The summed E-state index contributed by atoms with van der Waals surface area (Å²) in [5.74, 6) is -0.109. The molecule has 1 amide bonds. The average molecular weight is 286 g/mol. The lowest BCUT2D eigenvalue weighted by molar-refractivity contribution is -0.115. The van der Waals surface area contributed by atoms with Gasteiger partial charge in [0.05, 0.1) is 16.8 Å². The molecule has 1 aromatic carbocycles. The van der Waals surface area contributed by atoms with Crippen LogP contribution >= 0.6 is 27.7 Å². The van der Waals surface area contributed by atoms with Gasteiger partial charge in [-0.05, 0) is 18.2 Å². The second kappa shape index (κ2) is 4.24. The van der Waals surface area contributed by atoms with Gasteiger partial charge in [0.1, 0.15) is 0 Å². The van der Waals surface area contributed by atoms with E-state index in [9.17, 15) is 4.79 Å². The van der Waals surface area contributed by atoms with E-state index in [-0.39, 0.29) is 11.7 Å². The zero-order chi connectivity index (χ0) is 10.8. The molecule has 2 aromatic rings. The molecule has 78 valence electrons. The number of carbonyl (C=O) groups is 1. The molecule has 0 aliphatic heterocycles. The highest BCUT2D eigenvalue weighted by Crippen LogP contribution is 2.21. The number of hydrogen-bond acceptors (Lipinski definition) is 3. The van der Waals surface area contributed by atoms with Gasteiger partial charge < -0.3 is 10.7 Å². The van der Waals surface area contributed by atoms with Crippen molar-refractivity contribution in [1.29, 1.82) is 0 Å². The predicted molar refractivity (Wildman–Crippen MR) is 63.7 cm³/mol. The molecule has 15 heavy (non-hydrogen) atoms. The summed E-state index contributed by atoms with van der Waals surface area (Å²) in [5, 5.41) is 0.710. The molecule has 0 unspecified atom stereocenters. The molecule has 0 radical (unpaired) electrons. The van der Waals surface area contributed by atoms with Crippen LogP contribution < -0.4 is 5.73 Å². The van der Waals surface area contributed by atoms with E-state index < -0.39 is 0 Å². The number of imidazole rings is 1. The van der Waals surface area contributed by atoms with Crippen molar-refractivity contribution in [3.05, 3.63) is 22.7 Å². The summed E-state index contributed by atoms with van der Waals surface area (Å²) in [6.45, 7) is 0. The number of rotatable bonds is 3. The third-order valence-corrected chi connectivity index (χ3v) is 3.16. The lowest BCUT2D eigenvalue weighted by atomic mass is 10.3. The maximum atomic E-state index is 10.6. The summed E-state index contributed by atoms with van der Waals surface area (Å²) in [6, 6.07) is 5.77. The van der Waals surface area contributed by atoms with Gasteiger partial charge in [0.2, 0.25) is 5.91 Å². The van der Waals surface area contributed by atoms with E-state index in [4.69, 9.17) is 5.73 Å². The van der Waals surface area contributed by atoms with Crippen molar-refractivity contribution in [1.82, 2.24) is 9.97 Å². The quantitative estimate of drug-likeness (QED) is 0.846. The normalized spacial score (nSPS) is 10.7. The van der Waals surface area contributed by atoms with Gasteiger partial charge in [-0.15, -0.1) is 0 Å². The van der Waals surface area contributed by atoms with Crippen molar-refractivity contribution in [2.45, 2.75) is 5.16 Å². The summed E-state index contributed by atoms with van der Waals surface area (Å²) < 4.78 is 0.991. The highest BCUT2D eigenvalue weighted by Gasteiger charge is 2.04. The van der Waals surface area contributed by atoms with Crippen LogP contribution in [0.15, 0.2) is 27.8 Å². The van der Waals surface area contributed by atoms with Gasteiger partial charge in [0.15, 0.2) is 5.16 Å². The van der Waals surface area contributed by atoms with E-state index in [1.807, 2.05) is 18.2 Å². The maximum Gasteiger partial charge on any atom is 0.227 e. The van der Waals surface area contributed by atoms with E-state index in [0.717, 1.165) is 15.5 Å². The van der Waals surface area contributed by atoms with Crippen molar-refractivity contribution in [2.24, 2.45) is 5.73 Å². The van der Waals surface area contributed by atoms with Crippen LogP contribution in [0, 0.1) is 0 Å². The van der Waals surface area contributed by atoms with Crippen molar-refractivity contribution in [3.63, 3.8) is 0 Å². The highest BCUT2D eigenvalue weighted by atomic mass is 79.9. The van der Waals surface area contributed by atoms with Gasteiger partial charge in [-0.25, -0.2) is 4.98 Å². The standard InChI is InChI=1S/C9H8BrN3OS/c10-5-1-2-6-7(3-5)13-9(12-6)15-4-8(11)14/h1-3H,4H2,(H2,11,14)(H,12,13). The van der Waals surface area contributed by atoms with E-state index in [1.165, 1.54) is 11.8 Å². The molecule has 4 nitrogen and oxygen atoms in total. The molecular formula is C9H8BrN3OS. The number of aromatic amines is 1. The number of benzene rings is 1. The Hall–Kier alpha value is -1.01. The molecule has 0 aliphatic rings. The van der Waals surface area contributed by atoms with E-state index in [0.29, 0.717) is 5.16 Å². The Kier molecular flexibility index (Phi) is 2.97. The molecule has 1 heterocycles. The number of amides is 1. The number of primary amides is 1. The summed E-state index contributed by atoms with van der Waals surface area (Å²) >= 11 is 4.68. The first kappa shape index (κ1) is 10.5. The molecule has 0 atom stereocenters. The van der Waals surface area contributed by atoms with Crippen LogP contribution in [0.2, 0.25) is 0 Å². The molecule has 2 rings (SSSR count). The van der Waals surface area contributed by atoms with Gasteiger partial charge >= 0.3 is 0 Å². The maximum absolute atomic E-state index is 10.6. The van der Waals surface area contributed by atoms with Gasteiger partial charge in [0.25, 0.3) is 0 Å². The first-order valence-corrected chi connectivity index (χ1v) is 5.99. The molecule has 0 saturated carbocycles. The molecule has 0 bridgehead atoms. The number of nitrogens with zero attached hydrogens (tertiary/aromatic N) is 1. The van der Waals surface area contributed by atoms with Gasteiger partial charge in [0, 0.05) is 4.47 Å². The highest BCUT2D eigenvalue weighted by molar-refractivity contribution is 9.10. The number of thioether (sulfide) groups is 1. The molecular weight excluding hydrogens is 278 g/mol. The minimum Gasteiger partial charge on any atom is -0.369 e. The van der Waals surface area contributed by atoms with Crippen LogP contribution in [0.4, 0.5) is 0 Å². The molecule has 1 aromatic heterocycles. The number of carbonyl (C=O) groups excluding carboxylic acids is 1. The summed E-state index contributed by atoms with van der Waals surface area (Å²) in [5.41, 5.74) is 6.87.